The lowest BCUT2D eigenvalue weighted by molar-refractivity contribution is -0.140. The minimum atomic E-state index is -4.64. The molecule has 0 aliphatic carbocycles. The standard InChI is InChI=1S/C13H17F4N/c1-3-10(4-2)18-8-9-5-6-12(14)11(7-9)13(15,16)17/h5-7,10,18H,3-4,8H2,1-2H3. The maximum Gasteiger partial charge on any atom is 0.419 e. The fraction of sp³-hybridized carbons (Fsp3) is 0.538. The quantitative estimate of drug-likeness (QED) is 0.788. The zero-order valence-corrected chi connectivity index (χ0v) is 10.4. The van der Waals surface area contributed by atoms with Crippen molar-refractivity contribution in [3.8, 4) is 0 Å². The van der Waals surface area contributed by atoms with E-state index in [-0.39, 0.29) is 6.04 Å². The van der Waals surface area contributed by atoms with Crippen molar-refractivity contribution in [1.29, 1.82) is 0 Å². The molecule has 1 N–H and O–H groups in total. The van der Waals surface area contributed by atoms with E-state index in [1.54, 1.807) is 0 Å². The van der Waals surface area contributed by atoms with Crippen LogP contribution in [-0.4, -0.2) is 6.04 Å². The van der Waals surface area contributed by atoms with Gasteiger partial charge in [-0.2, -0.15) is 13.2 Å². The molecule has 0 saturated carbocycles. The Labute approximate surface area is 104 Å². The summed E-state index contributed by atoms with van der Waals surface area (Å²) in [5.74, 6) is -1.23. The first kappa shape index (κ1) is 15.0. The van der Waals surface area contributed by atoms with Crippen LogP contribution in [0.4, 0.5) is 17.6 Å². The monoisotopic (exact) mass is 263 g/mol. The SMILES string of the molecule is CCC(CC)NCc1ccc(F)c(C(F)(F)F)c1. The van der Waals surface area contributed by atoms with Crippen molar-refractivity contribution in [2.45, 2.75) is 45.5 Å². The van der Waals surface area contributed by atoms with Gasteiger partial charge in [-0.25, -0.2) is 4.39 Å². The Hall–Kier alpha value is -1.10. The van der Waals surface area contributed by atoms with E-state index >= 15 is 0 Å². The number of alkyl halides is 3. The Morgan fingerprint density at radius 1 is 1.17 bits per heavy atom. The van der Waals surface area contributed by atoms with Crippen molar-refractivity contribution in [3.05, 3.63) is 35.1 Å². The predicted octanol–water partition coefficient (Wildman–Crippen LogP) is 4.12. The smallest absolute Gasteiger partial charge is 0.310 e. The molecule has 0 aliphatic rings. The Bertz CT molecular complexity index is 383. The summed E-state index contributed by atoms with van der Waals surface area (Å²) in [5.41, 5.74) is -0.762. The van der Waals surface area contributed by atoms with E-state index in [9.17, 15) is 17.6 Å². The van der Waals surface area contributed by atoms with Crippen molar-refractivity contribution < 1.29 is 17.6 Å². The maximum atomic E-state index is 13.1. The van der Waals surface area contributed by atoms with Crippen LogP contribution in [0.25, 0.3) is 0 Å². The molecule has 5 heteroatoms. The number of hydrogen-bond acceptors (Lipinski definition) is 1. The summed E-state index contributed by atoms with van der Waals surface area (Å²) < 4.78 is 50.6. The molecule has 0 fully saturated rings. The van der Waals surface area contributed by atoms with Gasteiger partial charge in [-0.3, -0.25) is 0 Å². The van der Waals surface area contributed by atoms with E-state index in [0.29, 0.717) is 12.1 Å². The van der Waals surface area contributed by atoms with Gasteiger partial charge in [-0.05, 0) is 30.5 Å². The molecule has 0 aliphatic heterocycles. The number of rotatable bonds is 5. The fourth-order valence-electron chi connectivity index (χ4n) is 1.74. The molecule has 18 heavy (non-hydrogen) atoms. The number of benzene rings is 1. The summed E-state index contributed by atoms with van der Waals surface area (Å²) in [6.07, 6.45) is -2.83. The second kappa shape index (κ2) is 6.18. The number of halogens is 4. The Balaban J connectivity index is 2.80. The summed E-state index contributed by atoms with van der Waals surface area (Å²) in [7, 11) is 0. The first-order valence-corrected chi connectivity index (χ1v) is 5.97. The molecule has 0 aromatic heterocycles. The fourth-order valence-corrected chi connectivity index (χ4v) is 1.74. The van der Waals surface area contributed by atoms with E-state index in [4.69, 9.17) is 0 Å². The van der Waals surface area contributed by atoms with E-state index in [0.717, 1.165) is 25.0 Å². The lowest BCUT2D eigenvalue weighted by Gasteiger charge is -2.15. The van der Waals surface area contributed by atoms with Gasteiger partial charge in [0.2, 0.25) is 0 Å². The molecule has 0 atom stereocenters. The van der Waals surface area contributed by atoms with Gasteiger partial charge in [0.05, 0.1) is 5.56 Å². The summed E-state index contributed by atoms with van der Waals surface area (Å²) >= 11 is 0. The van der Waals surface area contributed by atoms with E-state index in [1.165, 1.54) is 6.07 Å². The molecule has 1 rings (SSSR count). The van der Waals surface area contributed by atoms with Gasteiger partial charge in [0, 0.05) is 12.6 Å². The molecule has 0 unspecified atom stereocenters. The minimum absolute atomic E-state index is 0.268. The average molecular weight is 263 g/mol. The molecule has 1 aromatic rings. The molecular formula is C13H17F4N. The van der Waals surface area contributed by atoms with Crippen LogP contribution >= 0.6 is 0 Å². The topological polar surface area (TPSA) is 12.0 Å². The van der Waals surface area contributed by atoms with E-state index < -0.39 is 17.6 Å². The zero-order chi connectivity index (χ0) is 13.8. The third-order valence-electron chi connectivity index (χ3n) is 2.92. The molecule has 1 aromatic carbocycles. The average Bonchev–Trinajstić information content (AvgIpc) is 2.31. The second-order valence-corrected chi connectivity index (χ2v) is 4.21. The Morgan fingerprint density at radius 3 is 2.28 bits per heavy atom. The minimum Gasteiger partial charge on any atom is -0.310 e. The molecule has 0 bridgehead atoms. The first-order chi connectivity index (χ1) is 8.38. The van der Waals surface area contributed by atoms with Gasteiger partial charge in [0.25, 0.3) is 0 Å². The van der Waals surface area contributed by atoms with Gasteiger partial charge in [-0.1, -0.05) is 19.9 Å². The van der Waals surface area contributed by atoms with Crippen molar-refractivity contribution in [2.24, 2.45) is 0 Å². The molecule has 0 spiro atoms. The molecule has 0 amide bonds. The van der Waals surface area contributed by atoms with Crippen molar-refractivity contribution in [3.63, 3.8) is 0 Å². The highest BCUT2D eigenvalue weighted by atomic mass is 19.4. The van der Waals surface area contributed by atoms with Crippen LogP contribution in [0.1, 0.15) is 37.8 Å². The molecule has 0 saturated heterocycles. The third-order valence-corrected chi connectivity index (χ3v) is 2.92. The molecular weight excluding hydrogens is 246 g/mol. The number of hydrogen-bond donors (Lipinski definition) is 1. The summed E-state index contributed by atoms with van der Waals surface area (Å²) in [6, 6.07) is 3.38. The molecule has 102 valence electrons. The van der Waals surface area contributed by atoms with E-state index in [1.807, 2.05) is 13.8 Å². The lowest BCUT2D eigenvalue weighted by atomic mass is 10.1. The first-order valence-electron chi connectivity index (χ1n) is 5.97. The molecule has 1 nitrogen and oxygen atoms in total. The van der Waals surface area contributed by atoms with Crippen LogP contribution in [0.2, 0.25) is 0 Å². The molecule has 0 heterocycles. The van der Waals surface area contributed by atoms with Gasteiger partial charge in [0.15, 0.2) is 0 Å². The number of nitrogens with one attached hydrogen (secondary N) is 1. The van der Waals surface area contributed by atoms with Crippen molar-refractivity contribution in [1.82, 2.24) is 5.32 Å². The van der Waals surface area contributed by atoms with Crippen LogP contribution in [0, 0.1) is 5.82 Å². The highest BCUT2D eigenvalue weighted by molar-refractivity contribution is 5.27. The van der Waals surface area contributed by atoms with Gasteiger partial charge in [-0.15, -0.1) is 0 Å². The van der Waals surface area contributed by atoms with Gasteiger partial charge < -0.3 is 5.32 Å². The maximum absolute atomic E-state index is 13.1. The summed E-state index contributed by atoms with van der Waals surface area (Å²) in [6.45, 7) is 4.33. The highest BCUT2D eigenvalue weighted by Gasteiger charge is 2.34. The Morgan fingerprint density at radius 2 is 1.78 bits per heavy atom. The van der Waals surface area contributed by atoms with Crippen molar-refractivity contribution in [2.75, 3.05) is 0 Å². The van der Waals surface area contributed by atoms with Crippen LogP contribution in [0.3, 0.4) is 0 Å². The van der Waals surface area contributed by atoms with Gasteiger partial charge >= 0.3 is 6.18 Å². The largest absolute Gasteiger partial charge is 0.419 e. The predicted molar refractivity (Wildman–Crippen MR) is 62.6 cm³/mol. The Kier molecular flexibility index (Phi) is 5.14. The second-order valence-electron chi connectivity index (χ2n) is 4.21. The van der Waals surface area contributed by atoms with Crippen LogP contribution < -0.4 is 5.32 Å². The zero-order valence-electron chi connectivity index (χ0n) is 10.4. The normalized spacial score (nSPS) is 12.2. The van der Waals surface area contributed by atoms with Crippen LogP contribution in [0.15, 0.2) is 18.2 Å². The highest BCUT2D eigenvalue weighted by Crippen LogP contribution is 2.31. The lowest BCUT2D eigenvalue weighted by Crippen LogP contribution is -2.27. The van der Waals surface area contributed by atoms with Crippen molar-refractivity contribution >= 4 is 0 Å². The third kappa shape index (κ3) is 3.98. The van der Waals surface area contributed by atoms with Crippen LogP contribution in [0.5, 0.6) is 0 Å². The van der Waals surface area contributed by atoms with E-state index in [2.05, 4.69) is 5.32 Å². The van der Waals surface area contributed by atoms with Gasteiger partial charge in [0.1, 0.15) is 5.82 Å². The summed E-state index contributed by atoms with van der Waals surface area (Å²) in [5, 5.41) is 3.14. The van der Waals surface area contributed by atoms with Crippen LogP contribution in [-0.2, 0) is 12.7 Å². The molecule has 0 radical (unpaired) electrons. The summed E-state index contributed by atoms with van der Waals surface area (Å²) in [4.78, 5) is 0.